The Kier molecular flexibility index (Phi) is 6.25. The third kappa shape index (κ3) is 4.66. The normalized spacial score (nSPS) is 14.9. The Hall–Kier alpha value is -1.31. The smallest absolute Gasteiger partial charge is 0.407 e. The highest BCUT2D eigenvalue weighted by atomic mass is 127. The summed E-state index contributed by atoms with van der Waals surface area (Å²) in [7, 11) is 0. The Morgan fingerprint density at radius 2 is 2.00 bits per heavy atom. The number of nitrogens with one attached hydrogen (secondary N) is 1. The van der Waals surface area contributed by atoms with E-state index in [-0.39, 0.29) is 6.61 Å². The second-order valence-corrected chi connectivity index (χ2v) is 5.56. The van der Waals surface area contributed by atoms with Gasteiger partial charge in [0.15, 0.2) is 0 Å². The number of benzene rings is 1. The molecule has 0 aromatic heterocycles. The fraction of sp³-hybridized carbons (Fsp3) is 0.429. The summed E-state index contributed by atoms with van der Waals surface area (Å²) >= 11 is 2.05. The van der Waals surface area contributed by atoms with Crippen molar-refractivity contribution in [1.82, 2.24) is 5.32 Å². The van der Waals surface area contributed by atoms with Crippen molar-refractivity contribution in [1.29, 1.82) is 0 Å². The van der Waals surface area contributed by atoms with Crippen LogP contribution in [0, 0.1) is 5.92 Å². The van der Waals surface area contributed by atoms with Crippen LogP contribution < -0.4 is 5.32 Å². The Morgan fingerprint density at radius 3 is 2.50 bits per heavy atom. The lowest BCUT2D eigenvalue weighted by molar-refractivity contribution is -0.143. The van der Waals surface area contributed by atoms with Crippen molar-refractivity contribution in [3.8, 4) is 0 Å². The number of halogens is 1. The van der Waals surface area contributed by atoms with Gasteiger partial charge in [-0.05, 0) is 19.4 Å². The topological polar surface area (TPSA) is 75.6 Å². The molecular weight excluding hydrogens is 373 g/mol. The maximum absolute atomic E-state index is 11.8. The molecule has 0 saturated carbocycles. The molecule has 2 N–H and O–H groups in total. The van der Waals surface area contributed by atoms with Gasteiger partial charge in [-0.25, -0.2) is 4.79 Å². The number of ether oxygens (including phenoxy) is 1. The number of rotatable bonds is 6. The summed E-state index contributed by atoms with van der Waals surface area (Å²) in [6.07, 6.45) is -0.610. The van der Waals surface area contributed by atoms with Crippen molar-refractivity contribution in [2.45, 2.75) is 26.0 Å². The molecule has 0 fully saturated rings. The molecule has 5 nitrogen and oxygen atoms in total. The van der Waals surface area contributed by atoms with E-state index in [9.17, 15) is 9.59 Å². The maximum Gasteiger partial charge on any atom is 0.407 e. The maximum atomic E-state index is 11.8. The molecule has 1 unspecified atom stereocenters. The molecule has 1 aromatic carbocycles. The average Bonchev–Trinajstić information content (AvgIpc) is 2.45. The molecule has 0 heterocycles. The lowest BCUT2D eigenvalue weighted by atomic mass is 9.89. The van der Waals surface area contributed by atoms with Gasteiger partial charge in [-0.2, -0.15) is 0 Å². The van der Waals surface area contributed by atoms with Crippen molar-refractivity contribution in [3.63, 3.8) is 0 Å². The summed E-state index contributed by atoms with van der Waals surface area (Å²) in [5.41, 5.74) is 0.0327. The molecule has 110 valence electrons. The summed E-state index contributed by atoms with van der Waals surface area (Å²) in [6.45, 7) is 3.42. The Labute approximate surface area is 131 Å². The predicted molar refractivity (Wildman–Crippen MR) is 83.9 cm³/mol. The monoisotopic (exact) mass is 391 g/mol. The molecule has 1 amide bonds. The number of carboxylic acids is 1. The van der Waals surface area contributed by atoms with E-state index in [0.717, 1.165) is 5.56 Å². The zero-order valence-electron chi connectivity index (χ0n) is 11.4. The molecule has 1 rings (SSSR count). The van der Waals surface area contributed by atoms with Crippen LogP contribution in [0.1, 0.15) is 19.4 Å². The molecular formula is C14H18INO4. The Morgan fingerprint density at radius 1 is 1.40 bits per heavy atom. The highest BCUT2D eigenvalue weighted by molar-refractivity contribution is 14.1. The minimum atomic E-state index is -0.951. The number of alkyl halides is 1. The Bertz CT molecular complexity index is 466. The number of aliphatic carboxylic acids is 1. The van der Waals surface area contributed by atoms with E-state index >= 15 is 0 Å². The molecule has 0 spiro atoms. The lowest BCUT2D eigenvalue weighted by Gasteiger charge is -2.32. The van der Waals surface area contributed by atoms with Crippen molar-refractivity contribution >= 4 is 34.7 Å². The molecule has 0 aliphatic heterocycles. The minimum absolute atomic E-state index is 0.158. The van der Waals surface area contributed by atoms with Gasteiger partial charge in [0, 0.05) is 4.43 Å². The van der Waals surface area contributed by atoms with Crippen LogP contribution >= 0.6 is 22.6 Å². The molecule has 0 aliphatic rings. The van der Waals surface area contributed by atoms with Crippen molar-refractivity contribution < 1.29 is 19.4 Å². The van der Waals surface area contributed by atoms with Crippen LogP contribution in [0.2, 0.25) is 0 Å². The molecule has 0 saturated heterocycles. The van der Waals surface area contributed by atoms with E-state index in [1.807, 2.05) is 30.3 Å². The number of carbonyl (C=O) groups is 2. The molecule has 0 radical (unpaired) electrons. The first-order valence-corrected chi connectivity index (χ1v) is 7.69. The first-order valence-electron chi connectivity index (χ1n) is 6.16. The van der Waals surface area contributed by atoms with Crippen LogP contribution in [0.25, 0.3) is 0 Å². The van der Waals surface area contributed by atoms with Gasteiger partial charge in [-0.3, -0.25) is 4.79 Å². The molecule has 2 atom stereocenters. The number of alkyl carbamates (subject to hydrolysis) is 1. The van der Waals surface area contributed by atoms with Gasteiger partial charge in [0.2, 0.25) is 0 Å². The van der Waals surface area contributed by atoms with Crippen LogP contribution in [0.3, 0.4) is 0 Å². The SMILES string of the molecule is CC(C(=O)O)[C@](C)(CI)NC(=O)OCc1ccccc1. The van der Waals surface area contributed by atoms with Crippen LogP contribution in [0.15, 0.2) is 30.3 Å². The second kappa shape index (κ2) is 7.47. The first kappa shape index (κ1) is 16.7. The summed E-state index contributed by atoms with van der Waals surface area (Å²) in [6, 6.07) is 9.30. The van der Waals surface area contributed by atoms with Crippen molar-refractivity contribution in [3.05, 3.63) is 35.9 Å². The number of hydrogen-bond acceptors (Lipinski definition) is 3. The van der Waals surface area contributed by atoms with Crippen LogP contribution in [0.4, 0.5) is 4.79 Å². The van der Waals surface area contributed by atoms with Crippen LogP contribution in [-0.4, -0.2) is 27.1 Å². The number of carboxylic acid groups (broad SMARTS) is 1. The summed E-state index contributed by atoms with van der Waals surface area (Å²) in [4.78, 5) is 22.9. The van der Waals surface area contributed by atoms with Gasteiger partial charge in [-0.1, -0.05) is 52.9 Å². The van der Waals surface area contributed by atoms with Crippen LogP contribution in [0.5, 0.6) is 0 Å². The summed E-state index contributed by atoms with van der Waals surface area (Å²) < 4.78 is 5.58. The van der Waals surface area contributed by atoms with Gasteiger partial charge in [0.25, 0.3) is 0 Å². The van der Waals surface area contributed by atoms with E-state index in [4.69, 9.17) is 9.84 Å². The van der Waals surface area contributed by atoms with E-state index < -0.39 is 23.5 Å². The predicted octanol–water partition coefficient (Wildman–Crippen LogP) is 2.83. The fourth-order valence-corrected chi connectivity index (χ4v) is 2.37. The number of hydrogen-bond donors (Lipinski definition) is 2. The lowest BCUT2D eigenvalue weighted by Crippen LogP contribution is -2.54. The van der Waals surface area contributed by atoms with Crippen LogP contribution in [-0.2, 0) is 16.1 Å². The van der Waals surface area contributed by atoms with Crippen molar-refractivity contribution in [2.24, 2.45) is 5.92 Å². The Balaban J connectivity index is 2.57. The third-order valence-corrected chi connectivity index (χ3v) is 4.79. The summed E-state index contributed by atoms with van der Waals surface area (Å²) in [5.74, 6) is -1.66. The molecule has 20 heavy (non-hydrogen) atoms. The van der Waals surface area contributed by atoms with E-state index in [0.29, 0.717) is 4.43 Å². The van der Waals surface area contributed by atoms with E-state index in [1.54, 1.807) is 13.8 Å². The highest BCUT2D eigenvalue weighted by Crippen LogP contribution is 2.20. The van der Waals surface area contributed by atoms with E-state index in [1.165, 1.54) is 0 Å². The standard InChI is InChI=1S/C14H18INO4/c1-10(12(17)18)14(2,9-15)16-13(19)20-8-11-6-4-3-5-7-11/h3-7,10H,8-9H2,1-2H3,(H,16,19)(H,17,18)/t10?,14-/m0/s1. The van der Waals surface area contributed by atoms with E-state index in [2.05, 4.69) is 27.9 Å². The molecule has 1 aromatic rings. The fourth-order valence-electron chi connectivity index (χ4n) is 1.52. The molecule has 6 heteroatoms. The molecule has 0 aliphatic carbocycles. The largest absolute Gasteiger partial charge is 0.481 e. The summed E-state index contributed by atoms with van der Waals surface area (Å²) in [5, 5.41) is 11.7. The van der Waals surface area contributed by atoms with Crippen molar-refractivity contribution in [2.75, 3.05) is 4.43 Å². The average molecular weight is 391 g/mol. The van der Waals surface area contributed by atoms with Gasteiger partial charge in [-0.15, -0.1) is 0 Å². The first-order chi connectivity index (χ1) is 9.39. The highest BCUT2D eigenvalue weighted by Gasteiger charge is 2.36. The molecule has 0 bridgehead atoms. The third-order valence-electron chi connectivity index (χ3n) is 3.20. The quantitative estimate of drug-likeness (QED) is 0.578. The second-order valence-electron chi connectivity index (χ2n) is 4.80. The van der Waals surface area contributed by atoms with Gasteiger partial charge < -0.3 is 15.2 Å². The van der Waals surface area contributed by atoms with Gasteiger partial charge in [0.1, 0.15) is 6.61 Å². The zero-order chi connectivity index (χ0) is 15.2. The van der Waals surface area contributed by atoms with Gasteiger partial charge in [0.05, 0.1) is 11.5 Å². The van der Waals surface area contributed by atoms with Gasteiger partial charge >= 0.3 is 12.1 Å². The number of amides is 1. The zero-order valence-corrected chi connectivity index (χ0v) is 13.6. The minimum Gasteiger partial charge on any atom is -0.481 e. The number of carbonyl (C=O) groups excluding carboxylic acids is 1.